The zero-order chi connectivity index (χ0) is 15.9. The predicted octanol–water partition coefficient (Wildman–Crippen LogP) is 4.47. The second-order valence-electron chi connectivity index (χ2n) is 5.86. The third-order valence-corrected chi connectivity index (χ3v) is 3.88. The van der Waals surface area contributed by atoms with E-state index in [-0.39, 0.29) is 0 Å². The van der Waals surface area contributed by atoms with Crippen LogP contribution in [0.5, 0.6) is 0 Å². The van der Waals surface area contributed by atoms with Crippen LogP contribution in [0.15, 0.2) is 84.9 Å². The molecule has 2 nitrogen and oxygen atoms in total. The van der Waals surface area contributed by atoms with Crippen LogP contribution in [0.4, 0.5) is 5.69 Å². The first kappa shape index (κ1) is 15.3. The van der Waals surface area contributed by atoms with Gasteiger partial charge in [0, 0.05) is 25.3 Å². The third kappa shape index (κ3) is 4.70. The van der Waals surface area contributed by atoms with Gasteiger partial charge in [-0.3, -0.25) is 4.90 Å². The number of anilines is 1. The first-order valence-corrected chi connectivity index (χ1v) is 7.94. The predicted molar refractivity (Wildman–Crippen MR) is 96.7 cm³/mol. The van der Waals surface area contributed by atoms with E-state index in [1.54, 1.807) is 0 Å². The van der Waals surface area contributed by atoms with Crippen LogP contribution < -0.4 is 5.73 Å². The van der Waals surface area contributed by atoms with Crippen molar-refractivity contribution in [3.05, 3.63) is 102 Å². The van der Waals surface area contributed by atoms with Crippen molar-refractivity contribution in [1.82, 2.24) is 4.90 Å². The van der Waals surface area contributed by atoms with Gasteiger partial charge in [-0.1, -0.05) is 72.8 Å². The minimum absolute atomic E-state index is 0.811. The fourth-order valence-corrected chi connectivity index (χ4v) is 2.73. The smallest absolute Gasteiger partial charge is 0.0314 e. The van der Waals surface area contributed by atoms with Crippen LogP contribution in [-0.2, 0) is 19.6 Å². The average molecular weight is 302 g/mol. The van der Waals surface area contributed by atoms with E-state index in [4.69, 9.17) is 5.73 Å². The summed E-state index contributed by atoms with van der Waals surface area (Å²) < 4.78 is 0. The molecule has 0 radical (unpaired) electrons. The molecule has 23 heavy (non-hydrogen) atoms. The van der Waals surface area contributed by atoms with E-state index in [0.29, 0.717) is 0 Å². The molecule has 0 aliphatic carbocycles. The molecule has 0 saturated heterocycles. The van der Waals surface area contributed by atoms with Crippen LogP contribution in [0, 0.1) is 0 Å². The maximum absolute atomic E-state index is 5.79. The highest BCUT2D eigenvalue weighted by molar-refractivity contribution is 5.39. The van der Waals surface area contributed by atoms with Crippen LogP contribution in [-0.4, -0.2) is 4.90 Å². The fraction of sp³-hybridized carbons (Fsp3) is 0.143. The van der Waals surface area contributed by atoms with Gasteiger partial charge in [0.1, 0.15) is 0 Å². The number of hydrogen-bond donors (Lipinski definition) is 1. The highest BCUT2D eigenvalue weighted by atomic mass is 15.1. The minimum Gasteiger partial charge on any atom is -0.399 e. The lowest BCUT2D eigenvalue weighted by molar-refractivity contribution is 0.248. The Labute approximate surface area is 138 Å². The van der Waals surface area contributed by atoms with Crippen molar-refractivity contribution in [1.29, 1.82) is 0 Å². The maximum atomic E-state index is 5.79. The van der Waals surface area contributed by atoms with Gasteiger partial charge < -0.3 is 5.73 Å². The molecule has 0 heterocycles. The van der Waals surface area contributed by atoms with Crippen LogP contribution in [0.3, 0.4) is 0 Å². The lowest BCUT2D eigenvalue weighted by Gasteiger charge is -2.23. The Morgan fingerprint density at radius 3 is 1.35 bits per heavy atom. The number of nitrogens with zero attached hydrogens (tertiary/aromatic N) is 1. The van der Waals surface area contributed by atoms with Crippen molar-refractivity contribution < 1.29 is 0 Å². The quantitative estimate of drug-likeness (QED) is 0.681. The summed E-state index contributed by atoms with van der Waals surface area (Å²) in [6.07, 6.45) is 0. The molecule has 0 saturated carbocycles. The molecule has 3 aromatic carbocycles. The number of rotatable bonds is 6. The normalized spacial score (nSPS) is 10.8. The maximum Gasteiger partial charge on any atom is 0.0314 e. The number of nitrogens with two attached hydrogens (primary N) is 1. The molecule has 0 aliphatic heterocycles. The van der Waals surface area contributed by atoms with Crippen LogP contribution in [0.2, 0.25) is 0 Å². The highest BCUT2D eigenvalue weighted by Crippen LogP contribution is 2.15. The summed E-state index contributed by atoms with van der Waals surface area (Å²) in [5, 5.41) is 0. The molecule has 2 N–H and O–H groups in total. The molecule has 0 fully saturated rings. The molecule has 0 bridgehead atoms. The Balaban J connectivity index is 1.76. The van der Waals surface area contributed by atoms with Gasteiger partial charge in [0.15, 0.2) is 0 Å². The minimum atomic E-state index is 0.811. The molecule has 0 unspecified atom stereocenters. The zero-order valence-electron chi connectivity index (χ0n) is 13.2. The number of benzene rings is 3. The number of hydrogen-bond acceptors (Lipinski definition) is 2. The molecule has 0 atom stereocenters. The number of nitrogen functional groups attached to an aromatic ring is 1. The van der Waals surface area contributed by atoms with Crippen LogP contribution in [0.25, 0.3) is 0 Å². The molecular weight excluding hydrogens is 280 g/mol. The van der Waals surface area contributed by atoms with Crippen molar-refractivity contribution in [3.63, 3.8) is 0 Å². The zero-order valence-corrected chi connectivity index (χ0v) is 13.2. The van der Waals surface area contributed by atoms with E-state index in [1.807, 2.05) is 12.1 Å². The standard InChI is InChI=1S/C21H22N2/c22-21-13-11-20(12-14-21)17-23(15-18-7-3-1-4-8-18)16-19-9-5-2-6-10-19/h1-14H,15-17,22H2. The van der Waals surface area contributed by atoms with Crippen LogP contribution >= 0.6 is 0 Å². The summed E-state index contributed by atoms with van der Waals surface area (Å²) in [7, 11) is 0. The summed E-state index contributed by atoms with van der Waals surface area (Å²) in [4.78, 5) is 2.45. The summed E-state index contributed by atoms with van der Waals surface area (Å²) in [6, 6.07) is 29.4. The van der Waals surface area contributed by atoms with Gasteiger partial charge in [0.05, 0.1) is 0 Å². The fourth-order valence-electron chi connectivity index (χ4n) is 2.73. The Bertz CT molecular complexity index is 664. The SMILES string of the molecule is Nc1ccc(CN(Cc2ccccc2)Cc2ccccc2)cc1. The van der Waals surface area contributed by atoms with Gasteiger partial charge in [0.2, 0.25) is 0 Å². The Hall–Kier alpha value is -2.58. The van der Waals surface area contributed by atoms with Gasteiger partial charge in [0.25, 0.3) is 0 Å². The Morgan fingerprint density at radius 1 is 0.522 bits per heavy atom. The molecule has 2 heteroatoms. The molecule has 116 valence electrons. The van der Waals surface area contributed by atoms with Gasteiger partial charge in [-0.2, -0.15) is 0 Å². The van der Waals surface area contributed by atoms with E-state index in [1.165, 1.54) is 16.7 Å². The second kappa shape index (κ2) is 7.61. The summed E-state index contributed by atoms with van der Waals surface area (Å²) in [5.74, 6) is 0. The van der Waals surface area contributed by atoms with Gasteiger partial charge in [-0.05, 0) is 28.8 Å². The van der Waals surface area contributed by atoms with Crippen molar-refractivity contribution in [3.8, 4) is 0 Å². The summed E-state index contributed by atoms with van der Waals surface area (Å²) >= 11 is 0. The second-order valence-corrected chi connectivity index (χ2v) is 5.86. The Kier molecular flexibility index (Phi) is 5.07. The van der Waals surface area contributed by atoms with E-state index >= 15 is 0 Å². The van der Waals surface area contributed by atoms with E-state index < -0.39 is 0 Å². The summed E-state index contributed by atoms with van der Waals surface area (Å²) in [6.45, 7) is 2.77. The van der Waals surface area contributed by atoms with Crippen molar-refractivity contribution in [2.75, 3.05) is 5.73 Å². The van der Waals surface area contributed by atoms with Crippen molar-refractivity contribution >= 4 is 5.69 Å². The van der Waals surface area contributed by atoms with Crippen molar-refractivity contribution in [2.24, 2.45) is 0 Å². The molecule has 3 aromatic rings. The topological polar surface area (TPSA) is 29.3 Å². The molecule has 0 aromatic heterocycles. The monoisotopic (exact) mass is 302 g/mol. The summed E-state index contributed by atoms with van der Waals surface area (Å²) in [5.41, 5.74) is 10.6. The first-order valence-electron chi connectivity index (χ1n) is 7.94. The van der Waals surface area contributed by atoms with Gasteiger partial charge >= 0.3 is 0 Å². The van der Waals surface area contributed by atoms with Crippen LogP contribution in [0.1, 0.15) is 16.7 Å². The average Bonchev–Trinajstić information content (AvgIpc) is 2.59. The molecule has 0 spiro atoms. The van der Waals surface area contributed by atoms with E-state index in [9.17, 15) is 0 Å². The molecule has 0 amide bonds. The van der Waals surface area contributed by atoms with Gasteiger partial charge in [-0.15, -0.1) is 0 Å². The highest BCUT2D eigenvalue weighted by Gasteiger charge is 2.08. The largest absolute Gasteiger partial charge is 0.399 e. The van der Waals surface area contributed by atoms with E-state index in [2.05, 4.69) is 77.7 Å². The molecule has 0 aliphatic rings. The molecule has 3 rings (SSSR count). The Morgan fingerprint density at radius 2 is 0.913 bits per heavy atom. The third-order valence-electron chi connectivity index (χ3n) is 3.88. The lowest BCUT2D eigenvalue weighted by atomic mass is 10.1. The van der Waals surface area contributed by atoms with E-state index in [0.717, 1.165) is 25.3 Å². The van der Waals surface area contributed by atoms with Crippen molar-refractivity contribution in [2.45, 2.75) is 19.6 Å². The lowest BCUT2D eigenvalue weighted by Crippen LogP contribution is -2.22. The van der Waals surface area contributed by atoms with Gasteiger partial charge in [-0.25, -0.2) is 0 Å². The molecular formula is C21H22N2. The first-order chi connectivity index (χ1) is 11.3.